The van der Waals surface area contributed by atoms with E-state index in [1.807, 2.05) is 0 Å². The van der Waals surface area contributed by atoms with E-state index in [1.165, 1.54) is 12.1 Å². The zero-order chi connectivity index (χ0) is 14.8. The molecule has 2 aromatic carbocycles. The van der Waals surface area contributed by atoms with Gasteiger partial charge in [0.2, 0.25) is 10.0 Å². The topological polar surface area (TPSA) is 72.2 Å². The molecule has 0 fully saturated rings. The summed E-state index contributed by atoms with van der Waals surface area (Å²) in [4.78, 5) is 0.0475. The molecule has 0 atom stereocenters. The van der Waals surface area contributed by atoms with Crippen molar-refractivity contribution in [3.05, 3.63) is 57.5 Å². The van der Waals surface area contributed by atoms with Gasteiger partial charge in [-0.15, -0.1) is 0 Å². The van der Waals surface area contributed by atoms with Crippen LogP contribution >= 0.6 is 27.5 Å². The maximum atomic E-state index is 12.2. The Kier molecular flexibility index (Phi) is 4.70. The highest BCUT2D eigenvalue weighted by Gasteiger charge is 2.17. The summed E-state index contributed by atoms with van der Waals surface area (Å²) < 4.78 is 27.6. The normalized spacial score (nSPS) is 11.5. The Hall–Kier alpha value is -1.08. The van der Waals surface area contributed by atoms with Crippen LogP contribution < -0.4 is 10.5 Å². The first kappa shape index (κ1) is 15.3. The van der Waals surface area contributed by atoms with Crippen molar-refractivity contribution < 1.29 is 8.42 Å². The van der Waals surface area contributed by atoms with Crippen LogP contribution in [0.5, 0.6) is 0 Å². The summed E-state index contributed by atoms with van der Waals surface area (Å²) in [5, 5.41) is 0.166. The van der Waals surface area contributed by atoms with Crippen LogP contribution in [-0.4, -0.2) is 8.42 Å². The van der Waals surface area contributed by atoms with E-state index < -0.39 is 10.0 Å². The molecule has 106 valence electrons. The van der Waals surface area contributed by atoms with Crippen molar-refractivity contribution in [3.8, 4) is 0 Å². The summed E-state index contributed by atoms with van der Waals surface area (Å²) in [6, 6.07) is 11.6. The maximum absolute atomic E-state index is 12.2. The molecule has 2 rings (SSSR count). The Bertz CT molecular complexity index is 735. The van der Waals surface area contributed by atoms with Crippen LogP contribution in [0, 0.1) is 0 Å². The second-order valence-electron chi connectivity index (χ2n) is 4.14. The maximum Gasteiger partial charge on any atom is 0.242 e. The summed E-state index contributed by atoms with van der Waals surface area (Å²) in [6.45, 7) is 0.153. The van der Waals surface area contributed by atoms with Crippen molar-refractivity contribution in [2.24, 2.45) is 0 Å². The predicted octanol–water partition coefficient (Wildman–Crippen LogP) is 3.16. The first-order valence-corrected chi connectivity index (χ1v) is 8.33. The Morgan fingerprint density at radius 3 is 2.60 bits per heavy atom. The second-order valence-corrected chi connectivity index (χ2v) is 7.20. The fourth-order valence-electron chi connectivity index (χ4n) is 1.65. The number of hydrogen-bond acceptors (Lipinski definition) is 3. The summed E-state index contributed by atoms with van der Waals surface area (Å²) in [5.74, 6) is 0. The Morgan fingerprint density at radius 2 is 1.95 bits per heavy atom. The Balaban J connectivity index is 2.19. The van der Waals surface area contributed by atoms with Gasteiger partial charge < -0.3 is 5.73 Å². The van der Waals surface area contributed by atoms with Crippen LogP contribution in [0.3, 0.4) is 0 Å². The van der Waals surface area contributed by atoms with E-state index in [0.717, 1.165) is 10.0 Å². The molecule has 0 bridgehead atoms. The van der Waals surface area contributed by atoms with Crippen LogP contribution in [0.25, 0.3) is 0 Å². The molecule has 0 saturated carbocycles. The lowest BCUT2D eigenvalue weighted by atomic mass is 10.2. The number of anilines is 1. The Morgan fingerprint density at radius 1 is 1.20 bits per heavy atom. The molecule has 3 N–H and O–H groups in total. The first-order chi connectivity index (χ1) is 9.38. The van der Waals surface area contributed by atoms with E-state index in [9.17, 15) is 8.42 Å². The minimum absolute atomic E-state index is 0.0475. The summed E-state index contributed by atoms with van der Waals surface area (Å²) in [5.41, 5.74) is 7.01. The number of hydrogen-bond donors (Lipinski definition) is 2. The van der Waals surface area contributed by atoms with Gasteiger partial charge in [-0.1, -0.05) is 39.7 Å². The van der Waals surface area contributed by atoms with Gasteiger partial charge >= 0.3 is 0 Å². The number of benzene rings is 2. The van der Waals surface area contributed by atoms with Crippen LogP contribution in [0.4, 0.5) is 5.69 Å². The molecular weight excluding hydrogens is 364 g/mol. The molecular formula is C13H12BrClN2O2S. The molecule has 0 amide bonds. The highest BCUT2D eigenvalue weighted by atomic mass is 79.9. The van der Waals surface area contributed by atoms with Gasteiger partial charge in [0.25, 0.3) is 0 Å². The standard InChI is InChI=1S/C13H12BrClN2O2S/c14-10-4-5-13(12(15)7-10)20(18,19)17-8-9-2-1-3-11(16)6-9/h1-7,17H,8,16H2. The van der Waals surface area contributed by atoms with Crippen LogP contribution in [0.1, 0.15) is 5.56 Å². The molecule has 0 aromatic heterocycles. The molecule has 0 saturated heterocycles. The number of halogens is 2. The van der Waals surface area contributed by atoms with Gasteiger partial charge in [-0.3, -0.25) is 0 Å². The highest BCUT2D eigenvalue weighted by molar-refractivity contribution is 9.10. The Labute approximate surface area is 131 Å². The van der Waals surface area contributed by atoms with E-state index in [0.29, 0.717) is 5.69 Å². The lowest BCUT2D eigenvalue weighted by molar-refractivity contribution is 0.581. The van der Waals surface area contributed by atoms with Gasteiger partial charge in [-0.05, 0) is 35.9 Å². The molecule has 0 heterocycles. The SMILES string of the molecule is Nc1cccc(CNS(=O)(=O)c2ccc(Br)cc2Cl)c1. The number of sulfonamides is 1. The van der Waals surface area contributed by atoms with Crippen molar-refractivity contribution in [2.45, 2.75) is 11.4 Å². The van der Waals surface area contributed by atoms with Gasteiger partial charge in [0.15, 0.2) is 0 Å². The number of rotatable bonds is 4. The largest absolute Gasteiger partial charge is 0.399 e. The van der Waals surface area contributed by atoms with Crippen molar-refractivity contribution in [1.82, 2.24) is 4.72 Å². The van der Waals surface area contributed by atoms with E-state index in [1.54, 1.807) is 30.3 Å². The third-order valence-corrected chi connectivity index (χ3v) is 4.98. The van der Waals surface area contributed by atoms with E-state index in [2.05, 4.69) is 20.7 Å². The van der Waals surface area contributed by atoms with Gasteiger partial charge in [0, 0.05) is 16.7 Å². The van der Waals surface area contributed by atoms with Crippen molar-refractivity contribution >= 4 is 43.2 Å². The van der Waals surface area contributed by atoms with Crippen molar-refractivity contribution in [3.63, 3.8) is 0 Å². The van der Waals surface area contributed by atoms with E-state index >= 15 is 0 Å². The molecule has 0 spiro atoms. The average molecular weight is 376 g/mol. The molecule has 7 heteroatoms. The lowest BCUT2D eigenvalue weighted by Gasteiger charge is -2.09. The zero-order valence-corrected chi connectivity index (χ0v) is 13.5. The highest BCUT2D eigenvalue weighted by Crippen LogP contribution is 2.25. The fraction of sp³-hybridized carbons (Fsp3) is 0.0769. The van der Waals surface area contributed by atoms with Gasteiger partial charge in [0.05, 0.1) is 5.02 Å². The third-order valence-electron chi connectivity index (χ3n) is 2.60. The molecule has 2 aromatic rings. The van der Waals surface area contributed by atoms with Crippen LogP contribution in [-0.2, 0) is 16.6 Å². The van der Waals surface area contributed by atoms with Crippen LogP contribution in [0.2, 0.25) is 5.02 Å². The molecule has 4 nitrogen and oxygen atoms in total. The average Bonchev–Trinajstić information content (AvgIpc) is 2.36. The minimum atomic E-state index is -3.66. The molecule has 0 radical (unpaired) electrons. The molecule has 0 aliphatic carbocycles. The summed E-state index contributed by atoms with van der Waals surface area (Å²) in [7, 11) is -3.66. The van der Waals surface area contributed by atoms with E-state index in [4.69, 9.17) is 17.3 Å². The predicted molar refractivity (Wildman–Crippen MR) is 84.0 cm³/mol. The second kappa shape index (κ2) is 6.13. The fourth-order valence-corrected chi connectivity index (χ4v) is 3.71. The zero-order valence-electron chi connectivity index (χ0n) is 10.3. The van der Waals surface area contributed by atoms with Gasteiger partial charge in [-0.2, -0.15) is 0 Å². The molecule has 0 aliphatic heterocycles. The number of nitrogen functional groups attached to an aromatic ring is 1. The molecule has 0 aliphatic rings. The van der Waals surface area contributed by atoms with Gasteiger partial charge in [0.1, 0.15) is 4.90 Å². The molecule has 20 heavy (non-hydrogen) atoms. The van der Waals surface area contributed by atoms with Crippen molar-refractivity contribution in [1.29, 1.82) is 0 Å². The van der Waals surface area contributed by atoms with Crippen LogP contribution in [0.15, 0.2) is 51.8 Å². The lowest BCUT2D eigenvalue weighted by Crippen LogP contribution is -2.23. The minimum Gasteiger partial charge on any atom is -0.399 e. The summed E-state index contributed by atoms with van der Waals surface area (Å²) in [6.07, 6.45) is 0. The van der Waals surface area contributed by atoms with Crippen molar-refractivity contribution in [2.75, 3.05) is 5.73 Å². The summed E-state index contributed by atoms with van der Waals surface area (Å²) >= 11 is 9.18. The smallest absolute Gasteiger partial charge is 0.242 e. The molecule has 0 unspecified atom stereocenters. The van der Waals surface area contributed by atoms with Gasteiger partial charge in [-0.25, -0.2) is 13.1 Å². The quantitative estimate of drug-likeness (QED) is 0.806. The number of nitrogens with two attached hydrogens (primary N) is 1. The van der Waals surface area contributed by atoms with E-state index in [-0.39, 0.29) is 16.5 Å². The monoisotopic (exact) mass is 374 g/mol. The number of nitrogens with one attached hydrogen (secondary N) is 1. The first-order valence-electron chi connectivity index (χ1n) is 5.67. The third kappa shape index (κ3) is 3.73.